The monoisotopic (exact) mass is 302 g/mol. The van der Waals surface area contributed by atoms with E-state index in [9.17, 15) is 4.79 Å². The Morgan fingerprint density at radius 2 is 2.00 bits per heavy atom. The van der Waals surface area contributed by atoms with Crippen LogP contribution in [0, 0.1) is 0 Å². The largest absolute Gasteiger partial charge is 0.461 e. The first-order valence-corrected chi connectivity index (χ1v) is 7.59. The maximum Gasteiger partial charge on any atom is 0.361 e. The van der Waals surface area contributed by atoms with Crippen LogP contribution in [0.15, 0.2) is 24.3 Å². The van der Waals surface area contributed by atoms with Crippen LogP contribution in [0.5, 0.6) is 0 Å². The number of hydrogen-bond donors (Lipinski definition) is 1. The summed E-state index contributed by atoms with van der Waals surface area (Å²) in [6.07, 6.45) is 0. The van der Waals surface area contributed by atoms with Crippen molar-refractivity contribution in [2.45, 2.75) is 27.3 Å². The first-order valence-electron chi connectivity index (χ1n) is 7.59. The predicted octanol–water partition coefficient (Wildman–Crippen LogP) is 2.49. The van der Waals surface area contributed by atoms with Crippen molar-refractivity contribution in [1.29, 1.82) is 0 Å². The van der Waals surface area contributed by atoms with Crippen LogP contribution in [0.2, 0.25) is 0 Å². The lowest BCUT2D eigenvalue weighted by molar-refractivity contribution is 0.0520. The molecule has 2 rings (SSSR count). The van der Waals surface area contributed by atoms with Crippen molar-refractivity contribution in [2.75, 3.05) is 19.7 Å². The topological polar surface area (TPSA) is 71.1 Å². The summed E-state index contributed by atoms with van der Waals surface area (Å²) in [7, 11) is 0. The zero-order chi connectivity index (χ0) is 15.9. The van der Waals surface area contributed by atoms with Gasteiger partial charge in [-0.05, 0) is 31.6 Å². The van der Waals surface area contributed by atoms with Crippen molar-refractivity contribution in [1.82, 2.24) is 20.3 Å². The highest BCUT2D eigenvalue weighted by molar-refractivity contribution is 5.93. The van der Waals surface area contributed by atoms with Crippen LogP contribution in [0.4, 0.5) is 0 Å². The number of esters is 1. The van der Waals surface area contributed by atoms with Crippen molar-refractivity contribution >= 4 is 5.97 Å². The standard InChI is InChI=1S/C16H22N4O2/c1-4-20(5-2)11-12-8-7-9-13(10-12)14-15(18-19-17-14)16(21)22-6-3/h7-10H,4-6,11H2,1-3H3,(H,17,18,19). The lowest BCUT2D eigenvalue weighted by Gasteiger charge is -2.18. The molecule has 0 saturated carbocycles. The van der Waals surface area contributed by atoms with Gasteiger partial charge < -0.3 is 4.74 Å². The third-order valence-corrected chi connectivity index (χ3v) is 3.52. The minimum absolute atomic E-state index is 0.224. The van der Waals surface area contributed by atoms with Crippen molar-refractivity contribution in [3.63, 3.8) is 0 Å². The minimum atomic E-state index is -0.458. The molecule has 0 bridgehead atoms. The molecule has 1 aromatic heterocycles. The number of hydrogen-bond acceptors (Lipinski definition) is 5. The first-order chi connectivity index (χ1) is 10.7. The summed E-state index contributed by atoms with van der Waals surface area (Å²) in [6, 6.07) is 8.01. The molecule has 0 radical (unpaired) electrons. The number of ether oxygens (including phenoxy) is 1. The molecule has 0 saturated heterocycles. The molecule has 0 aliphatic carbocycles. The van der Waals surface area contributed by atoms with Gasteiger partial charge in [-0.25, -0.2) is 4.79 Å². The van der Waals surface area contributed by atoms with E-state index >= 15 is 0 Å². The van der Waals surface area contributed by atoms with E-state index in [-0.39, 0.29) is 5.69 Å². The Hall–Kier alpha value is -2.21. The molecule has 0 aliphatic heterocycles. The zero-order valence-corrected chi connectivity index (χ0v) is 13.3. The third kappa shape index (κ3) is 3.71. The molecule has 2 aromatic rings. The smallest absolute Gasteiger partial charge is 0.361 e. The van der Waals surface area contributed by atoms with Crippen LogP contribution >= 0.6 is 0 Å². The molecule has 0 fully saturated rings. The second kappa shape index (κ2) is 7.70. The number of aromatic amines is 1. The summed E-state index contributed by atoms with van der Waals surface area (Å²) < 4.78 is 5.01. The number of rotatable bonds is 7. The second-order valence-corrected chi connectivity index (χ2v) is 4.90. The minimum Gasteiger partial charge on any atom is -0.461 e. The van der Waals surface area contributed by atoms with Crippen molar-refractivity contribution in [2.24, 2.45) is 0 Å². The fourth-order valence-corrected chi connectivity index (χ4v) is 2.30. The number of benzene rings is 1. The van der Waals surface area contributed by atoms with E-state index in [0.29, 0.717) is 12.3 Å². The van der Waals surface area contributed by atoms with Gasteiger partial charge >= 0.3 is 5.97 Å². The molecular formula is C16H22N4O2. The Morgan fingerprint density at radius 3 is 2.68 bits per heavy atom. The molecule has 118 valence electrons. The normalized spacial score (nSPS) is 10.9. The molecule has 0 unspecified atom stereocenters. The Bertz CT molecular complexity index is 620. The molecule has 1 N–H and O–H groups in total. The quantitative estimate of drug-likeness (QED) is 0.796. The number of H-pyrrole nitrogens is 1. The Labute approximate surface area is 130 Å². The fourth-order valence-electron chi connectivity index (χ4n) is 2.30. The average molecular weight is 302 g/mol. The van der Waals surface area contributed by atoms with E-state index in [1.54, 1.807) is 6.92 Å². The second-order valence-electron chi connectivity index (χ2n) is 4.90. The summed E-state index contributed by atoms with van der Waals surface area (Å²) >= 11 is 0. The number of aromatic nitrogens is 3. The van der Waals surface area contributed by atoms with E-state index in [2.05, 4.69) is 40.2 Å². The number of nitrogens with one attached hydrogen (secondary N) is 1. The summed E-state index contributed by atoms with van der Waals surface area (Å²) in [5, 5.41) is 10.5. The van der Waals surface area contributed by atoms with Gasteiger partial charge in [0.05, 0.1) is 6.61 Å². The summed E-state index contributed by atoms with van der Waals surface area (Å²) in [5.41, 5.74) is 2.79. The van der Waals surface area contributed by atoms with Crippen LogP contribution in [0.3, 0.4) is 0 Å². The molecule has 1 heterocycles. The van der Waals surface area contributed by atoms with E-state index < -0.39 is 5.97 Å². The van der Waals surface area contributed by atoms with E-state index in [1.807, 2.05) is 18.2 Å². The predicted molar refractivity (Wildman–Crippen MR) is 84.4 cm³/mol. The van der Waals surface area contributed by atoms with Crippen LogP contribution < -0.4 is 0 Å². The number of carbonyl (C=O) groups is 1. The lowest BCUT2D eigenvalue weighted by atomic mass is 10.1. The molecule has 6 nitrogen and oxygen atoms in total. The van der Waals surface area contributed by atoms with E-state index in [1.165, 1.54) is 5.56 Å². The number of carbonyl (C=O) groups excluding carboxylic acids is 1. The van der Waals surface area contributed by atoms with Gasteiger partial charge in [0.15, 0.2) is 5.69 Å². The number of nitrogens with zero attached hydrogens (tertiary/aromatic N) is 3. The van der Waals surface area contributed by atoms with Crippen molar-refractivity contribution < 1.29 is 9.53 Å². The fraction of sp³-hybridized carbons (Fsp3) is 0.438. The molecular weight excluding hydrogens is 280 g/mol. The van der Waals surface area contributed by atoms with Gasteiger partial charge in [0.2, 0.25) is 0 Å². The summed E-state index contributed by atoms with van der Waals surface area (Å²) in [6.45, 7) is 9.23. The maximum absolute atomic E-state index is 11.9. The van der Waals surface area contributed by atoms with Crippen LogP contribution in [-0.4, -0.2) is 46.0 Å². The Balaban J connectivity index is 2.27. The van der Waals surface area contributed by atoms with Gasteiger partial charge in [0.1, 0.15) is 5.69 Å². The van der Waals surface area contributed by atoms with Gasteiger partial charge in [-0.15, -0.1) is 5.10 Å². The average Bonchev–Trinajstić information content (AvgIpc) is 3.03. The Morgan fingerprint density at radius 1 is 1.23 bits per heavy atom. The highest BCUT2D eigenvalue weighted by atomic mass is 16.5. The maximum atomic E-state index is 11.9. The molecule has 0 aliphatic rings. The van der Waals surface area contributed by atoms with Gasteiger partial charge in [-0.1, -0.05) is 32.0 Å². The zero-order valence-electron chi connectivity index (χ0n) is 13.3. The van der Waals surface area contributed by atoms with E-state index in [0.717, 1.165) is 25.2 Å². The van der Waals surface area contributed by atoms with Crippen LogP contribution in [0.25, 0.3) is 11.3 Å². The Kier molecular flexibility index (Phi) is 5.66. The lowest BCUT2D eigenvalue weighted by Crippen LogP contribution is -2.22. The van der Waals surface area contributed by atoms with E-state index in [4.69, 9.17) is 4.74 Å². The molecule has 1 aromatic carbocycles. The molecule has 0 spiro atoms. The highest BCUT2D eigenvalue weighted by Gasteiger charge is 2.19. The van der Waals surface area contributed by atoms with Crippen LogP contribution in [-0.2, 0) is 11.3 Å². The summed E-state index contributed by atoms with van der Waals surface area (Å²) in [5.74, 6) is -0.458. The summed E-state index contributed by atoms with van der Waals surface area (Å²) in [4.78, 5) is 14.2. The molecule has 22 heavy (non-hydrogen) atoms. The van der Waals surface area contributed by atoms with Crippen molar-refractivity contribution in [3.05, 3.63) is 35.5 Å². The first kappa shape index (κ1) is 16.2. The van der Waals surface area contributed by atoms with Gasteiger partial charge in [0, 0.05) is 12.1 Å². The third-order valence-electron chi connectivity index (χ3n) is 3.52. The van der Waals surface area contributed by atoms with Crippen LogP contribution in [0.1, 0.15) is 36.8 Å². The van der Waals surface area contributed by atoms with Gasteiger partial charge in [-0.3, -0.25) is 4.90 Å². The molecule has 0 atom stereocenters. The highest BCUT2D eigenvalue weighted by Crippen LogP contribution is 2.22. The molecule has 0 amide bonds. The SMILES string of the molecule is CCOC(=O)c1n[nH]nc1-c1cccc(CN(CC)CC)c1. The molecule has 6 heteroatoms. The van der Waals surface area contributed by atoms with Crippen molar-refractivity contribution in [3.8, 4) is 11.3 Å². The van der Waals surface area contributed by atoms with Gasteiger partial charge in [0.25, 0.3) is 0 Å². The van der Waals surface area contributed by atoms with Gasteiger partial charge in [-0.2, -0.15) is 10.3 Å².